The summed E-state index contributed by atoms with van der Waals surface area (Å²) in [6.45, 7) is 7.48. The highest BCUT2D eigenvalue weighted by Gasteiger charge is 1.85. The summed E-state index contributed by atoms with van der Waals surface area (Å²) in [5.41, 5.74) is 0. The van der Waals surface area contributed by atoms with Gasteiger partial charge in [-0.15, -0.1) is 0 Å². The fourth-order valence-electron chi connectivity index (χ4n) is 1.19. The van der Waals surface area contributed by atoms with Gasteiger partial charge in [-0.3, -0.25) is 0 Å². The fraction of sp³-hybridized carbons (Fsp3) is 1.00. The molecule has 0 heterocycles. The molecule has 0 aromatic rings. The molecule has 0 rings (SSSR count). The van der Waals surface area contributed by atoms with Crippen LogP contribution in [0.3, 0.4) is 0 Å². The first-order valence-corrected chi connectivity index (χ1v) is 7.00. The Bertz CT molecular complexity index is 76.6. The van der Waals surface area contributed by atoms with Gasteiger partial charge in [0.05, 0.1) is 0 Å². The first kappa shape index (κ1) is 17.6. The molecular weight excluding hydrogens is 208 g/mol. The largest absolute Gasteiger partial charge is 0.366 e. The van der Waals surface area contributed by atoms with Crippen LogP contribution in [0.4, 0.5) is 0 Å². The van der Waals surface area contributed by atoms with Gasteiger partial charge < -0.3 is 4.74 Å². The third-order valence-corrected chi connectivity index (χ3v) is 2.33. The lowest BCUT2D eigenvalue weighted by Gasteiger charge is -1.97. The molecule has 15 heavy (non-hydrogen) atoms. The summed E-state index contributed by atoms with van der Waals surface area (Å²) in [6.07, 6.45) is 10.6. The summed E-state index contributed by atoms with van der Waals surface area (Å²) in [7, 11) is 0. The van der Waals surface area contributed by atoms with E-state index in [0.717, 1.165) is 13.0 Å². The number of hydrogen-bond acceptors (Lipinski definition) is 1. The quantitative estimate of drug-likeness (QED) is 0.387. The molecule has 0 aliphatic carbocycles. The molecule has 0 fully saturated rings. The summed E-state index contributed by atoms with van der Waals surface area (Å²) < 4.78 is 4.95. The van der Waals surface area contributed by atoms with E-state index in [-0.39, 0.29) is 0 Å². The lowest BCUT2D eigenvalue weighted by atomic mass is 10.2. The molecular formula is C13H29ClO. The molecule has 0 saturated carbocycles. The van der Waals surface area contributed by atoms with Crippen LogP contribution < -0.4 is 0 Å². The third-order valence-electron chi connectivity index (χ3n) is 2.18. The predicted molar refractivity (Wildman–Crippen MR) is 70.6 cm³/mol. The summed E-state index contributed by atoms with van der Waals surface area (Å²) in [6, 6.07) is 0.339. The normalized spacial score (nSPS) is 9.60. The number of unbranched alkanes of at least 4 members (excludes halogenated alkanes) is 6. The van der Waals surface area contributed by atoms with Crippen molar-refractivity contribution in [3.05, 3.63) is 0 Å². The highest BCUT2D eigenvalue weighted by atomic mass is 35.5. The van der Waals surface area contributed by atoms with E-state index in [1.807, 2.05) is 0 Å². The highest BCUT2D eigenvalue weighted by Crippen LogP contribution is 1.98. The summed E-state index contributed by atoms with van der Waals surface area (Å²) >= 11 is 5.29. The summed E-state index contributed by atoms with van der Waals surface area (Å²) in [5.74, 6) is 0. The third kappa shape index (κ3) is 25.0. The van der Waals surface area contributed by atoms with Gasteiger partial charge in [-0.05, 0) is 6.42 Å². The van der Waals surface area contributed by atoms with Crippen molar-refractivity contribution in [3.8, 4) is 0 Å². The predicted octanol–water partition coefficient (Wildman–Crippen LogP) is 5.37. The fourth-order valence-corrected chi connectivity index (χ4v) is 1.29. The van der Waals surface area contributed by atoms with Crippen LogP contribution in [0, 0.1) is 0 Å². The van der Waals surface area contributed by atoms with Crippen molar-refractivity contribution in [2.24, 2.45) is 0 Å². The topological polar surface area (TPSA) is 9.23 Å². The minimum absolute atomic E-state index is 0.339. The van der Waals surface area contributed by atoms with E-state index in [2.05, 4.69) is 20.8 Å². The van der Waals surface area contributed by atoms with Crippen molar-refractivity contribution in [3.63, 3.8) is 0 Å². The van der Waals surface area contributed by atoms with E-state index >= 15 is 0 Å². The van der Waals surface area contributed by atoms with Gasteiger partial charge in [0.2, 0.25) is 0 Å². The zero-order chi connectivity index (χ0) is 11.8. The van der Waals surface area contributed by atoms with E-state index in [4.69, 9.17) is 16.3 Å². The SMILES string of the molecule is CCCCCC.CCCCCCOCCl. The maximum absolute atomic E-state index is 5.29. The summed E-state index contributed by atoms with van der Waals surface area (Å²) in [5, 5.41) is 0. The molecule has 0 aromatic carbocycles. The number of rotatable bonds is 9. The van der Waals surface area contributed by atoms with Crippen molar-refractivity contribution in [2.75, 3.05) is 12.7 Å². The monoisotopic (exact) mass is 236 g/mol. The van der Waals surface area contributed by atoms with Crippen LogP contribution in [-0.2, 0) is 4.74 Å². The molecule has 0 N–H and O–H groups in total. The standard InChI is InChI=1S/C7H15ClO.C6H14/c1-2-3-4-5-6-9-7-8;1-3-5-6-4-2/h2-7H2,1H3;3-6H2,1-2H3. The maximum Gasteiger partial charge on any atom is 0.120 e. The Morgan fingerprint density at radius 3 is 1.60 bits per heavy atom. The Morgan fingerprint density at radius 1 is 0.733 bits per heavy atom. The number of ether oxygens (including phenoxy) is 1. The van der Waals surface area contributed by atoms with Gasteiger partial charge in [-0.1, -0.05) is 77.3 Å². The number of hydrogen-bond donors (Lipinski definition) is 0. The minimum Gasteiger partial charge on any atom is -0.366 e. The molecule has 0 atom stereocenters. The van der Waals surface area contributed by atoms with E-state index in [1.54, 1.807) is 0 Å². The Balaban J connectivity index is 0. The highest BCUT2D eigenvalue weighted by molar-refractivity contribution is 6.17. The first-order chi connectivity index (χ1) is 7.33. The van der Waals surface area contributed by atoms with Crippen LogP contribution in [0.25, 0.3) is 0 Å². The minimum atomic E-state index is 0.339. The van der Waals surface area contributed by atoms with Gasteiger partial charge in [0, 0.05) is 6.61 Å². The molecule has 0 aromatic heterocycles. The van der Waals surface area contributed by atoms with Gasteiger partial charge in [0.1, 0.15) is 6.07 Å². The molecule has 0 spiro atoms. The Kier molecular flexibility index (Phi) is 23.2. The van der Waals surface area contributed by atoms with Gasteiger partial charge in [-0.25, -0.2) is 0 Å². The molecule has 2 heteroatoms. The molecule has 0 amide bonds. The maximum atomic E-state index is 5.29. The van der Waals surface area contributed by atoms with Crippen LogP contribution in [0.15, 0.2) is 0 Å². The zero-order valence-corrected chi connectivity index (χ0v) is 11.6. The lowest BCUT2D eigenvalue weighted by molar-refractivity contribution is 0.173. The average molecular weight is 237 g/mol. The van der Waals surface area contributed by atoms with Crippen molar-refractivity contribution in [1.82, 2.24) is 0 Å². The van der Waals surface area contributed by atoms with Crippen LogP contribution >= 0.6 is 11.6 Å². The first-order valence-electron chi connectivity index (χ1n) is 6.47. The molecule has 0 bridgehead atoms. The van der Waals surface area contributed by atoms with Crippen molar-refractivity contribution in [1.29, 1.82) is 0 Å². The van der Waals surface area contributed by atoms with Crippen molar-refractivity contribution in [2.45, 2.75) is 72.1 Å². The summed E-state index contributed by atoms with van der Waals surface area (Å²) in [4.78, 5) is 0. The van der Waals surface area contributed by atoms with Crippen molar-refractivity contribution < 1.29 is 4.74 Å². The number of halogens is 1. The number of alkyl halides is 1. The van der Waals surface area contributed by atoms with Crippen LogP contribution in [-0.4, -0.2) is 12.7 Å². The Labute approximate surface area is 102 Å². The molecule has 0 radical (unpaired) electrons. The molecule has 0 aliphatic heterocycles. The second-order valence-corrected chi connectivity index (χ2v) is 4.00. The second-order valence-electron chi connectivity index (χ2n) is 3.79. The lowest BCUT2D eigenvalue weighted by Crippen LogP contribution is -1.90. The molecule has 0 aliphatic rings. The molecule has 0 unspecified atom stereocenters. The van der Waals surface area contributed by atoms with Crippen LogP contribution in [0.1, 0.15) is 72.1 Å². The van der Waals surface area contributed by atoms with Crippen LogP contribution in [0.2, 0.25) is 0 Å². The van der Waals surface area contributed by atoms with Gasteiger partial charge >= 0.3 is 0 Å². The Morgan fingerprint density at radius 2 is 1.20 bits per heavy atom. The average Bonchev–Trinajstić information content (AvgIpc) is 2.27. The van der Waals surface area contributed by atoms with E-state index < -0.39 is 0 Å². The van der Waals surface area contributed by atoms with E-state index in [0.29, 0.717) is 6.07 Å². The zero-order valence-electron chi connectivity index (χ0n) is 10.9. The van der Waals surface area contributed by atoms with E-state index in [9.17, 15) is 0 Å². The van der Waals surface area contributed by atoms with Crippen LogP contribution in [0.5, 0.6) is 0 Å². The van der Waals surface area contributed by atoms with Gasteiger partial charge in [-0.2, -0.15) is 0 Å². The Hall–Kier alpha value is 0.250. The molecule has 0 saturated heterocycles. The van der Waals surface area contributed by atoms with Crippen molar-refractivity contribution >= 4 is 11.6 Å². The second kappa shape index (κ2) is 19.8. The smallest absolute Gasteiger partial charge is 0.120 e. The van der Waals surface area contributed by atoms with E-state index in [1.165, 1.54) is 44.9 Å². The molecule has 94 valence electrons. The van der Waals surface area contributed by atoms with Gasteiger partial charge in [0.15, 0.2) is 0 Å². The molecule has 1 nitrogen and oxygen atoms in total. The van der Waals surface area contributed by atoms with Gasteiger partial charge in [0.25, 0.3) is 0 Å².